The van der Waals surface area contributed by atoms with E-state index < -0.39 is 11.9 Å². The molecule has 0 fully saturated rings. The molecule has 2 N–H and O–H groups in total. The van der Waals surface area contributed by atoms with Crippen LogP contribution in [0.3, 0.4) is 0 Å². The van der Waals surface area contributed by atoms with E-state index in [0.717, 1.165) is 0 Å². The molecule has 0 atom stereocenters. The molecule has 0 saturated heterocycles. The summed E-state index contributed by atoms with van der Waals surface area (Å²) < 4.78 is 21.7. The molecule has 2 heterocycles. The van der Waals surface area contributed by atoms with Gasteiger partial charge in [-0.05, 0) is 17.9 Å². The molecule has 0 saturated carbocycles. The molecule has 0 unspecified atom stereocenters. The minimum Gasteiger partial charge on any atom is -0.493 e. The van der Waals surface area contributed by atoms with Crippen LogP contribution < -0.4 is 15.2 Å². The van der Waals surface area contributed by atoms with Crippen LogP contribution in [0.25, 0.3) is 21.8 Å². The van der Waals surface area contributed by atoms with E-state index in [1.807, 2.05) is 27.7 Å². The summed E-state index contributed by atoms with van der Waals surface area (Å²) in [4.78, 5) is 33.3. The summed E-state index contributed by atoms with van der Waals surface area (Å²) in [5, 5.41) is 1.19. The quantitative estimate of drug-likeness (QED) is 0.305. The van der Waals surface area contributed by atoms with Gasteiger partial charge in [-0.3, -0.25) is 0 Å². The lowest BCUT2D eigenvalue weighted by atomic mass is 10.1. The highest BCUT2D eigenvalue weighted by molar-refractivity contribution is 6.12. The molecule has 176 valence electrons. The second-order valence-electron chi connectivity index (χ2n) is 8.49. The zero-order chi connectivity index (χ0) is 24.3. The van der Waals surface area contributed by atoms with Crippen molar-refractivity contribution in [1.82, 2.24) is 9.97 Å². The zero-order valence-corrected chi connectivity index (χ0v) is 19.7. The van der Waals surface area contributed by atoms with E-state index in [1.54, 1.807) is 6.07 Å². The van der Waals surface area contributed by atoms with Crippen LogP contribution in [0.15, 0.2) is 18.2 Å². The predicted molar refractivity (Wildman–Crippen MR) is 125 cm³/mol. The van der Waals surface area contributed by atoms with Crippen molar-refractivity contribution in [3.8, 4) is 11.5 Å². The molecule has 0 radical (unpaired) electrons. The Bertz CT molecular complexity index is 1120. The number of carbonyl (C=O) groups is 2. The standard InChI is InChI=1S/C24H29N3O6/c1-12(2)10-32-18-8-16(23(28)30-5)26-21-14(18)7-15-19(33-11-13(3)4)9-17(24(29)31-6)27-22(15)20(21)25/h7-9,12-13H,10-11,25H2,1-6H3. The van der Waals surface area contributed by atoms with Gasteiger partial charge in [0, 0.05) is 22.9 Å². The second-order valence-corrected chi connectivity index (χ2v) is 8.49. The van der Waals surface area contributed by atoms with Gasteiger partial charge in [-0.15, -0.1) is 0 Å². The van der Waals surface area contributed by atoms with Crippen LogP contribution in [-0.2, 0) is 9.47 Å². The third-order valence-electron chi connectivity index (χ3n) is 4.77. The summed E-state index contributed by atoms with van der Waals surface area (Å²) in [5.41, 5.74) is 7.40. The number of benzene rings is 1. The maximum atomic E-state index is 12.2. The van der Waals surface area contributed by atoms with E-state index >= 15 is 0 Å². The summed E-state index contributed by atoms with van der Waals surface area (Å²) in [6.07, 6.45) is 0. The van der Waals surface area contributed by atoms with Crippen molar-refractivity contribution in [2.45, 2.75) is 27.7 Å². The molecule has 0 aliphatic heterocycles. The minimum absolute atomic E-state index is 0.0511. The van der Waals surface area contributed by atoms with Gasteiger partial charge in [0.15, 0.2) is 11.4 Å². The topological polar surface area (TPSA) is 123 Å². The number of hydrogen-bond acceptors (Lipinski definition) is 9. The highest BCUT2D eigenvalue weighted by Gasteiger charge is 2.21. The largest absolute Gasteiger partial charge is 0.493 e. The second kappa shape index (κ2) is 9.89. The molecule has 3 aromatic rings. The Hall–Kier alpha value is -3.62. The van der Waals surface area contributed by atoms with E-state index in [9.17, 15) is 9.59 Å². The average molecular weight is 456 g/mol. The SMILES string of the molecule is COC(=O)c1cc(OCC(C)C)c2cc3c(OCC(C)C)cc(C(=O)OC)nc3c(N)c2n1. The maximum Gasteiger partial charge on any atom is 0.356 e. The van der Waals surface area contributed by atoms with Gasteiger partial charge in [0.2, 0.25) is 0 Å². The van der Waals surface area contributed by atoms with Gasteiger partial charge in [0.05, 0.1) is 33.1 Å². The molecule has 0 amide bonds. The first-order valence-electron chi connectivity index (χ1n) is 10.7. The van der Waals surface area contributed by atoms with E-state index in [2.05, 4.69) is 9.97 Å². The average Bonchev–Trinajstić information content (AvgIpc) is 2.80. The highest BCUT2D eigenvalue weighted by atomic mass is 16.5. The van der Waals surface area contributed by atoms with E-state index in [4.69, 9.17) is 24.7 Å². The first kappa shape index (κ1) is 24.0. The van der Waals surface area contributed by atoms with Gasteiger partial charge in [0.1, 0.15) is 22.5 Å². The van der Waals surface area contributed by atoms with E-state index in [1.165, 1.54) is 26.4 Å². The molecule has 0 aliphatic rings. The van der Waals surface area contributed by atoms with Gasteiger partial charge < -0.3 is 24.7 Å². The van der Waals surface area contributed by atoms with Crippen molar-refractivity contribution in [3.63, 3.8) is 0 Å². The molecule has 2 aromatic heterocycles. The van der Waals surface area contributed by atoms with Crippen LogP contribution in [0.1, 0.15) is 48.7 Å². The number of ether oxygens (including phenoxy) is 4. The molecule has 9 heteroatoms. The lowest BCUT2D eigenvalue weighted by molar-refractivity contribution is 0.0585. The van der Waals surface area contributed by atoms with Crippen LogP contribution in [0, 0.1) is 11.8 Å². The Balaban J connectivity index is 2.36. The number of nitrogens with two attached hydrogens (primary N) is 1. The number of carbonyl (C=O) groups excluding carboxylic acids is 2. The van der Waals surface area contributed by atoms with Gasteiger partial charge >= 0.3 is 11.9 Å². The molecule has 9 nitrogen and oxygen atoms in total. The normalized spacial score (nSPS) is 11.3. The number of fused-ring (bicyclic) bond motifs is 2. The van der Waals surface area contributed by atoms with Gasteiger partial charge in [0.25, 0.3) is 0 Å². The molecule has 3 rings (SSSR count). The van der Waals surface area contributed by atoms with Crippen LogP contribution >= 0.6 is 0 Å². The molecular formula is C24H29N3O6. The predicted octanol–water partition coefficient (Wildman–Crippen LogP) is 4.01. The first-order chi connectivity index (χ1) is 15.7. The number of nitrogens with zero attached hydrogens (tertiary/aromatic N) is 2. The lowest BCUT2D eigenvalue weighted by Crippen LogP contribution is -2.11. The third-order valence-corrected chi connectivity index (χ3v) is 4.77. The summed E-state index contributed by atoms with van der Waals surface area (Å²) in [5.74, 6) is 0.138. The van der Waals surface area contributed by atoms with Gasteiger partial charge in [-0.1, -0.05) is 27.7 Å². The summed E-state index contributed by atoms with van der Waals surface area (Å²) in [7, 11) is 2.55. The molecule has 33 heavy (non-hydrogen) atoms. The third kappa shape index (κ3) is 5.08. The van der Waals surface area contributed by atoms with Crippen LogP contribution in [0.5, 0.6) is 11.5 Å². The van der Waals surface area contributed by atoms with Crippen molar-refractivity contribution in [2.75, 3.05) is 33.2 Å². The smallest absolute Gasteiger partial charge is 0.356 e. The fourth-order valence-corrected chi connectivity index (χ4v) is 3.18. The fraction of sp³-hybridized carbons (Fsp3) is 0.417. The first-order valence-corrected chi connectivity index (χ1v) is 10.7. The van der Waals surface area contributed by atoms with Crippen LogP contribution in [0.2, 0.25) is 0 Å². The van der Waals surface area contributed by atoms with E-state index in [-0.39, 0.29) is 28.9 Å². The van der Waals surface area contributed by atoms with Crippen molar-refractivity contribution < 1.29 is 28.5 Å². The number of methoxy groups -OCH3 is 2. The summed E-state index contributed by atoms with van der Waals surface area (Å²) in [6, 6.07) is 4.87. The lowest BCUT2D eigenvalue weighted by Gasteiger charge is -2.17. The molecular weight excluding hydrogens is 426 g/mol. The van der Waals surface area contributed by atoms with Gasteiger partial charge in [-0.25, -0.2) is 19.6 Å². The van der Waals surface area contributed by atoms with Crippen LogP contribution in [0.4, 0.5) is 5.69 Å². The molecule has 1 aromatic carbocycles. The Morgan fingerprint density at radius 2 is 1.18 bits per heavy atom. The number of hydrogen-bond donors (Lipinski definition) is 1. The van der Waals surface area contributed by atoms with E-state index in [0.29, 0.717) is 46.5 Å². The fourth-order valence-electron chi connectivity index (χ4n) is 3.18. The van der Waals surface area contributed by atoms with Crippen molar-refractivity contribution in [2.24, 2.45) is 11.8 Å². The molecule has 0 spiro atoms. The number of rotatable bonds is 8. The Kier molecular flexibility index (Phi) is 7.20. The molecule has 0 aliphatic carbocycles. The monoisotopic (exact) mass is 455 g/mol. The Labute approximate surface area is 192 Å². The summed E-state index contributed by atoms with van der Waals surface area (Å²) in [6.45, 7) is 8.92. The molecule has 0 bridgehead atoms. The zero-order valence-electron chi connectivity index (χ0n) is 19.7. The van der Waals surface area contributed by atoms with Crippen LogP contribution in [-0.4, -0.2) is 49.3 Å². The van der Waals surface area contributed by atoms with Crippen molar-refractivity contribution in [1.29, 1.82) is 0 Å². The number of esters is 2. The minimum atomic E-state index is -0.622. The number of nitrogen functional groups attached to an aromatic ring is 1. The highest BCUT2D eigenvalue weighted by Crippen LogP contribution is 2.38. The Morgan fingerprint density at radius 3 is 1.52 bits per heavy atom. The van der Waals surface area contributed by atoms with Gasteiger partial charge in [-0.2, -0.15) is 0 Å². The summed E-state index contributed by atoms with van der Waals surface area (Å²) >= 11 is 0. The Morgan fingerprint density at radius 1 is 0.788 bits per heavy atom. The number of aromatic nitrogens is 2. The van der Waals surface area contributed by atoms with Crippen molar-refractivity contribution >= 4 is 39.4 Å². The maximum absolute atomic E-state index is 12.2. The number of pyridine rings is 2. The van der Waals surface area contributed by atoms with Crippen molar-refractivity contribution in [3.05, 3.63) is 29.6 Å². The number of anilines is 1.